The van der Waals surface area contributed by atoms with E-state index < -0.39 is 18.0 Å². The van der Waals surface area contributed by atoms with E-state index in [9.17, 15) is 22.0 Å². The Hall–Kier alpha value is -1.33. The van der Waals surface area contributed by atoms with Crippen LogP contribution in [-0.2, 0) is 0 Å². The number of anilines is 1. The second kappa shape index (κ2) is 8.17. The van der Waals surface area contributed by atoms with Crippen LogP contribution in [0.25, 0.3) is 0 Å². The predicted octanol–water partition coefficient (Wildman–Crippen LogP) is 4.37. The van der Waals surface area contributed by atoms with E-state index in [0.717, 1.165) is 6.07 Å². The molecule has 0 bridgehead atoms. The number of hydrogen-bond acceptors (Lipinski definition) is 2. The van der Waals surface area contributed by atoms with E-state index in [4.69, 9.17) is 5.73 Å². The lowest BCUT2D eigenvalue weighted by Gasteiger charge is -2.14. The number of guanidine groups is 1. The lowest BCUT2D eigenvalue weighted by Crippen LogP contribution is -2.25. The molecular formula is C14H17F5IN3O. The number of halogens is 6. The number of nitrogens with one attached hydrogen (secondary N) is 1. The standard InChI is InChI=1S/C14H16F5N3O.HI/c15-13(16)6-5-9(7-13)8-21-12(20)22-10-3-1-2-4-11(10)23-14(17,18)19;/h1-4,9H,5-8H2,(H3,20,21,22);1H. The molecule has 0 radical (unpaired) electrons. The van der Waals surface area contributed by atoms with E-state index in [1.54, 1.807) is 0 Å². The van der Waals surface area contributed by atoms with Crippen molar-refractivity contribution in [2.24, 2.45) is 16.6 Å². The monoisotopic (exact) mass is 465 g/mol. The Balaban J connectivity index is 0.00000288. The molecule has 1 unspecified atom stereocenters. The van der Waals surface area contributed by atoms with Gasteiger partial charge in [0.05, 0.1) is 5.69 Å². The quantitative estimate of drug-likeness (QED) is 0.301. The van der Waals surface area contributed by atoms with Gasteiger partial charge in [0.25, 0.3) is 0 Å². The van der Waals surface area contributed by atoms with Crippen LogP contribution in [0.2, 0.25) is 0 Å². The number of rotatable bonds is 4. The molecule has 4 nitrogen and oxygen atoms in total. The zero-order chi connectivity index (χ0) is 17.1. The van der Waals surface area contributed by atoms with E-state index >= 15 is 0 Å². The third-order valence-electron chi connectivity index (χ3n) is 3.40. The van der Waals surface area contributed by atoms with Gasteiger partial charge in [-0.3, -0.25) is 4.99 Å². The summed E-state index contributed by atoms with van der Waals surface area (Å²) in [5.74, 6) is -3.56. The number of aliphatic imine (C=N–C) groups is 1. The first kappa shape index (κ1) is 20.7. The fraction of sp³-hybridized carbons (Fsp3) is 0.500. The van der Waals surface area contributed by atoms with Gasteiger partial charge in [0.1, 0.15) is 0 Å². The summed E-state index contributed by atoms with van der Waals surface area (Å²) in [6, 6.07) is 5.34. The van der Waals surface area contributed by atoms with Crippen molar-refractivity contribution in [1.82, 2.24) is 0 Å². The Labute approximate surface area is 152 Å². The van der Waals surface area contributed by atoms with Gasteiger partial charge < -0.3 is 15.8 Å². The zero-order valence-electron chi connectivity index (χ0n) is 12.4. The van der Waals surface area contributed by atoms with Crippen LogP contribution in [0.4, 0.5) is 27.6 Å². The molecule has 1 aromatic rings. The van der Waals surface area contributed by atoms with E-state index in [-0.39, 0.29) is 60.9 Å². The van der Waals surface area contributed by atoms with Crippen LogP contribution in [0.3, 0.4) is 0 Å². The lowest BCUT2D eigenvalue weighted by atomic mass is 10.1. The first-order valence-electron chi connectivity index (χ1n) is 6.94. The van der Waals surface area contributed by atoms with Crippen molar-refractivity contribution in [1.29, 1.82) is 0 Å². The Morgan fingerprint density at radius 2 is 2.00 bits per heavy atom. The second-order valence-electron chi connectivity index (χ2n) is 5.36. The Kier molecular flexibility index (Phi) is 7.05. The topological polar surface area (TPSA) is 59.6 Å². The van der Waals surface area contributed by atoms with Crippen molar-refractivity contribution in [3.05, 3.63) is 24.3 Å². The molecule has 1 aliphatic carbocycles. The summed E-state index contributed by atoms with van der Waals surface area (Å²) < 4.78 is 66.9. The number of hydrogen-bond donors (Lipinski definition) is 2. The number of benzene rings is 1. The molecule has 0 amide bonds. The minimum atomic E-state index is -4.83. The average molecular weight is 465 g/mol. The van der Waals surface area contributed by atoms with Crippen molar-refractivity contribution >= 4 is 35.6 Å². The first-order valence-corrected chi connectivity index (χ1v) is 6.94. The van der Waals surface area contributed by atoms with Crippen LogP contribution in [0.15, 0.2) is 29.3 Å². The average Bonchev–Trinajstić information content (AvgIpc) is 2.77. The van der Waals surface area contributed by atoms with Crippen molar-refractivity contribution in [2.75, 3.05) is 11.9 Å². The van der Waals surface area contributed by atoms with Crippen LogP contribution in [0, 0.1) is 5.92 Å². The fourth-order valence-corrected chi connectivity index (χ4v) is 2.39. The molecule has 136 valence electrons. The van der Waals surface area contributed by atoms with Gasteiger partial charge in [0, 0.05) is 19.4 Å². The van der Waals surface area contributed by atoms with Crippen LogP contribution in [-0.4, -0.2) is 24.8 Å². The molecule has 1 atom stereocenters. The number of para-hydroxylation sites is 2. The van der Waals surface area contributed by atoms with Gasteiger partial charge >= 0.3 is 6.36 Å². The molecule has 24 heavy (non-hydrogen) atoms. The van der Waals surface area contributed by atoms with Gasteiger partial charge in [-0.05, 0) is 24.5 Å². The van der Waals surface area contributed by atoms with E-state index in [1.807, 2.05) is 0 Å². The second-order valence-corrected chi connectivity index (χ2v) is 5.36. The molecule has 0 spiro atoms. The van der Waals surface area contributed by atoms with E-state index in [2.05, 4.69) is 15.0 Å². The number of nitrogens with zero attached hydrogens (tertiary/aromatic N) is 1. The summed E-state index contributed by atoms with van der Waals surface area (Å²) >= 11 is 0. The first-order chi connectivity index (χ1) is 10.6. The summed E-state index contributed by atoms with van der Waals surface area (Å²) in [6.07, 6.45) is -4.92. The Morgan fingerprint density at radius 1 is 1.33 bits per heavy atom. The molecule has 1 fully saturated rings. The van der Waals surface area contributed by atoms with Crippen molar-refractivity contribution in [3.8, 4) is 5.75 Å². The maximum Gasteiger partial charge on any atom is 0.573 e. The molecule has 0 saturated heterocycles. The summed E-state index contributed by atoms with van der Waals surface area (Å²) in [4.78, 5) is 3.92. The van der Waals surface area contributed by atoms with E-state index in [1.165, 1.54) is 18.2 Å². The molecule has 1 aromatic carbocycles. The van der Waals surface area contributed by atoms with Crippen molar-refractivity contribution in [2.45, 2.75) is 31.5 Å². The fourth-order valence-electron chi connectivity index (χ4n) is 2.39. The predicted molar refractivity (Wildman–Crippen MR) is 90.9 cm³/mol. The Morgan fingerprint density at radius 3 is 2.58 bits per heavy atom. The molecule has 1 aliphatic rings. The molecule has 0 heterocycles. The van der Waals surface area contributed by atoms with Crippen LogP contribution >= 0.6 is 24.0 Å². The van der Waals surface area contributed by atoms with E-state index in [0.29, 0.717) is 6.42 Å². The smallest absolute Gasteiger partial charge is 0.404 e. The van der Waals surface area contributed by atoms with Gasteiger partial charge in [-0.1, -0.05) is 12.1 Å². The van der Waals surface area contributed by atoms with Crippen LogP contribution in [0.5, 0.6) is 5.75 Å². The maximum atomic E-state index is 13.1. The molecular weight excluding hydrogens is 448 g/mol. The van der Waals surface area contributed by atoms with Gasteiger partial charge in [-0.2, -0.15) is 0 Å². The summed E-state index contributed by atoms with van der Waals surface area (Å²) in [5, 5.41) is 2.49. The normalized spacial score (nSPS) is 20.4. The summed E-state index contributed by atoms with van der Waals surface area (Å²) in [6.45, 7) is 0.0940. The molecule has 2 rings (SSSR count). The highest BCUT2D eigenvalue weighted by atomic mass is 127. The lowest BCUT2D eigenvalue weighted by molar-refractivity contribution is -0.274. The highest BCUT2D eigenvalue weighted by Gasteiger charge is 2.39. The van der Waals surface area contributed by atoms with Gasteiger partial charge in [-0.15, -0.1) is 37.1 Å². The molecule has 0 aliphatic heterocycles. The minimum absolute atomic E-state index is 0. The van der Waals surface area contributed by atoms with Crippen molar-refractivity contribution < 1.29 is 26.7 Å². The summed E-state index contributed by atoms with van der Waals surface area (Å²) in [7, 11) is 0. The van der Waals surface area contributed by atoms with Gasteiger partial charge in [0.15, 0.2) is 11.7 Å². The zero-order valence-corrected chi connectivity index (χ0v) is 14.8. The molecule has 10 heteroatoms. The molecule has 0 aromatic heterocycles. The Bertz CT molecular complexity index is 580. The number of alkyl halides is 5. The van der Waals surface area contributed by atoms with Crippen molar-refractivity contribution in [3.63, 3.8) is 0 Å². The SMILES string of the molecule is I.NC(=NCC1CCC(F)(F)C1)Nc1ccccc1OC(F)(F)F. The molecule has 3 N–H and O–H groups in total. The number of nitrogens with two attached hydrogens (primary N) is 1. The summed E-state index contributed by atoms with van der Waals surface area (Å²) in [5.41, 5.74) is 5.59. The number of ether oxygens (including phenoxy) is 1. The highest BCUT2D eigenvalue weighted by Crippen LogP contribution is 2.38. The van der Waals surface area contributed by atoms with Gasteiger partial charge in [-0.25, -0.2) is 8.78 Å². The van der Waals surface area contributed by atoms with Gasteiger partial charge in [0.2, 0.25) is 5.92 Å². The maximum absolute atomic E-state index is 13.1. The third kappa shape index (κ3) is 6.65. The van der Waals surface area contributed by atoms with Crippen LogP contribution < -0.4 is 15.8 Å². The van der Waals surface area contributed by atoms with Crippen LogP contribution in [0.1, 0.15) is 19.3 Å². The third-order valence-corrected chi connectivity index (χ3v) is 3.40. The largest absolute Gasteiger partial charge is 0.573 e. The minimum Gasteiger partial charge on any atom is -0.404 e. The molecule has 1 saturated carbocycles. The highest BCUT2D eigenvalue weighted by molar-refractivity contribution is 14.0.